The Morgan fingerprint density at radius 1 is 0.962 bits per heavy atom. The second kappa shape index (κ2) is 8.82. The Balaban J connectivity index is 1.84. The third-order valence-electron chi connectivity index (χ3n) is 4.22. The average molecular weight is 520 g/mol. The number of rotatable bonds is 6. The van der Waals surface area contributed by atoms with E-state index in [1.807, 2.05) is 55.5 Å². The van der Waals surface area contributed by atoms with E-state index in [0.29, 0.717) is 6.42 Å². The van der Waals surface area contributed by atoms with Crippen LogP contribution in [0.25, 0.3) is 0 Å². The van der Waals surface area contributed by atoms with Crippen LogP contribution in [-0.4, -0.2) is 5.78 Å². The van der Waals surface area contributed by atoms with Crippen molar-refractivity contribution in [3.63, 3.8) is 0 Å². The van der Waals surface area contributed by atoms with Gasteiger partial charge in [0.05, 0.1) is 6.04 Å². The minimum Gasteiger partial charge on any atom is -0.378 e. The van der Waals surface area contributed by atoms with Gasteiger partial charge in [0.25, 0.3) is 0 Å². The maximum Gasteiger partial charge on any atom is 0.165 e. The highest BCUT2D eigenvalue weighted by atomic mass is 127. The molecule has 0 aromatic heterocycles. The lowest BCUT2D eigenvalue weighted by atomic mass is 9.97. The number of Topliss-reactive ketones (excluding diaryl/α,β-unsaturated/α-hetero) is 1. The van der Waals surface area contributed by atoms with E-state index in [0.717, 1.165) is 26.9 Å². The van der Waals surface area contributed by atoms with Gasteiger partial charge in [-0.1, -0.05) is 57.9 Å². The molecule has 0 saturated carbocycles. The smallest absolute Gasteiger partial charge is 0.165 e. The van der Waals surface area contributed by atoms with Crippen LogP contribution in [0.1, 0.15) is 33.9 Å². The molecule has 1 atom stereocenters. The number of benzene rings is 3. The molecule has 0 saturated heterocycles. The second-order valence-electron chi connectivity index (χ2n) is 6.25. The molecule has 0 aliphatic carbocycles. The number of nitrogens with one attached hydrogen (secondary N) is 1. The number of aryl methyl sites for hydroxylation is 1. The van der Waals surface area contributed by atoms with Crippen LogP contribution in [-0.2, 0) is 0 Å². The van der Waals surface area contributed by atoms with E-state index in [9.17, 15) is 4.79 Å². The van der Waals surface area contributed by atoms with Gasteiger partial charge in [-0.05, 0) is 71.5 Å². The molecular formula is C22H19BrINO. The van der Waals surface area contributed by atoms with Crippen molar-refractivity contribution in [2.45, 2.75) is 19.4 Å². The van der Waals surface area contributed by atoms with Gasteiger partial charge in [0.2, 0.25) is 0 Å². The average Bonchev–Trinajstić information content (AvgIpc) is 2.64. The summed E-state index contributed by atoms with van der Waals surface area (Å²) in [6, 6.07) is 24.0. The monoisotopic (exact) mass is 519 g/mol. The van der Waals surface area contributed by atoms with Gasteiger partial charge in [-0.3, -0.25) is 4.79 Å². The molecule has 0 radical (unpaired) electrons. The number of hydrogen-bond donors (Lipinski definition) is 1. The van der Waals surface area contributed by atoms with Crippen molar-refractivity contribution in [2.24, 2.45) is 0 Å². The molecule has 3 aromatic carbocycles. The summed E-state index contributed by atoms with van der Waals surface area (Å²) in [4.78, 5) is 12.8. The first-order valence-corrected chi connectivity index (χ1v) is 10.3. The maximum absolute atomic E-state index is 12.8. The van der Waals surface area contributed by atoms with Crippen LogP contribution in [0.15, 0.2) is 77.3 Å². The summed E-state index contributed by atoms with van der Waals surface area (Å²) >= 11 is 5.76. The Morgan fingerprint density at radius 2 is 1.58 bits per heavy atom. The van der Waals surface area contributed by atoms with Gasteiger partial charge in [0.1, 0.15) is 0 Å². The minimum absolute atomic E-state index is 0.0861. The molecule has 2 nitrogen and oxygen atoms in total. The quantitative estimate of drug-likeness (QED) is 0.287. The highest BCUT2D eigenvalue weighted by Gasteiger charge is 2.17. The summed E-state index contributed by atoms with van der Waals surface area (Å²) in [5.74, 6) is 0.135. The predicted octanol–water partition coefficient (Wildman–Crippen LogP) is 6.79. The first kappa shape index (κ1) is 19.1. The Labute approximate surface area is 176 Å². The zero-order chi connectivity index (χ0) is 18.5. The summed E-state index contributed by atoms with van der Waals surface area (Å²) in [5.41, 5.74) is 4.01. The van der Waals surface area contributed by atoms with Gasteiger partial charge >= 0.3 is 0 Å². The van der Waals surface area contributed by atoms with Gasteiger partial charge in [0, 0.05) is 25.7 Å². The Hall–Kier alpha value is -1.66. The fourth-order valence-electron chi connectivity index (χ4n) is 2.74. The standard InChI is InChI=1S/C22H19BrINO/c1-15-2-4-17(5-3-15)22(26)14-21(16-6-8-18(23)9-7-16)25-20-12-10-19(24)11-13-20/h2-13,21,25H,14H2,1H3. The molecule has 0 aliphatic rings. The summed E-state index contributed by atoms with van der Waals surface area (Å²) in [7, 11) is 0. The molecule has 1 unspecified atom stereocenters. The molecule has 0 amide bonds. The molecule has 3 rings (SSSR count). The fourth-order valence-corrected chi connectivity index (χ4v) is 3.36. The second-order valence-corrected chi connectivity index (χ2v) is 8.41. The predicted molar refractivity (Wildman–Crippen MR) is 120 cm³/mol. The number of anilines is 1. The zero-order valence-corrected chi connectivity index (χ0v) is 18.1. The summed E-state index contributed by atoms with van der Waals surface area (Å²) < 4.78 is 2.21. The van der Waals surface area contributed by atoms with Crippen molar-refractivity contribution in [2.75, 3.05) is 5.32 Å². The topological polar surface area (TPSA) is 29.1 Å². The number of halogens is 2. The lowest BCUT2D eigenvalue weighted by Crippen LogP contribution is -2.16. The molecule has 0 bridgehead atoms. The lowest BCUT2D eigenvalue weighted by molar-refractivity contribution is 0.0976. The van der Waals surface area contributed by atoms with Crippen LogP contribution in [0.2, 0.25) is 0 Å². The third-order valence-corrected chi connectivity index (χ3v) is 5.47. The van der Waals surface area contributed by atoms with Crippen LogP contribution in [0.4, 0.5) is 5.69 Å². The van der Waals surface area contributed by atoms with Gasteiger partial charge in [-0.15, -0.1) is 0 Å². The summed E-state index contributed by atoms with van der Waals surface area (Å²) in [5, 5.41) is 3.51. The van der Waals surface area contributed by atoms with Gasteiger partial charge in [0.15, 0.2) is 5.78 Å². The first-order chi connectivity index (χ1) is 12.5. The lowest BCUT2D eigenvalue weighted by Gasteiger charge is -2.20. The van der Waals surface area contributed by atoms with Crippen molar-refractivity contribution in [1.82, 2.24) is 0 Å². The van der Waals surface area contributed by atoms with Crippen molar-refractivity contribution < 1.29 is 4.79 Å². The highest BCUT2D eigenvalue weighted by molar-refractivity contribution is 14.1. The van der Waals surface area contributed by atoms with E-state index in [-0.39, 0.29) is 11.8 Å². The van der Waals surface area contributed by atoms with Crippen LogP contribution in [0.5, 0.6) is 0 Å². The van der Waals surface area contributed by atoms with E-state index >= 15 is 0 Å². The van der Waals surface area contributed by atoms with E-state index in [1.54, 1.807) is 0 Å². The number of hydrogen-bond acceptors (Lipinski definition) is 2. The van der Waals surface area contributed by atoms with Crippen molar-refractivity contribution in [1.29, 1.82) is 0 Å². The van der Waals surface area contributed by atoms with Crippen LogP contribution >= 0.6 is 38.5 Å². The first-order valence-electron chi connectivity index (χ1n) is 8.39. The van der Waals surface area contributed by atoms with E-state index in [1.165, 1.54) is 3.57 Å². The molecule has 0 heterocycles. The molecule has 3 aromatic rings. The van der Waals surface area contributed by atoms with Crippen molar-refractivity contribution in [3.05, 3.63) is 97.5 Å². The molecule has 0 aliphatic heterocycles. The zero-order valence-electron chi connectivity index (χ0n) is 14.4. The Kier molecular flexibility index (Phi) is 6.48. The highest BCUT2D eigenvalue weighted by Crippen LogP contribution is 2.26. The van der Waals surface area contributed by atoms with Crippen molar-refractivity contribution >= 4 is 50.0 Å². The van der Waals surface area contributed by atoms with Crippen LogP contribution < -0.4 is 5.32 Å². The SMILES string of the molecule is Cc1ccc(C(=O)CC(Nc2ccc(I)cc2)c2ccc(Br)cc2)cc1. The van der Waals surface area contributed by atoms with E-state index in [4.69, 9.17) is 0 Å². The number of ketones is 1. The van der Waals surface area contributed by atoms with E-state index in [2.05, 4.69) is 68.1 Å². The van der Waals surface area contributed by atoms with Gasteiger partial charge in [-0.2, -0.15) is 0 Å². The molecule has 4 heteroatoms. The molecular weight excluding hydrogens is 501 g/mol. The van der Waals surface area contributed by atoms with E-state index < -0.39 is 0 Å². The number of carbonyl (C=O) groups excluding carboxylic acids is 1. The fraction of sp³-hybridized carbons (Fsp3) is 0.136. The summed E-state index contributed by atoms with van der Waals surface area (Å²) in [6.07, 6.45) is 0.399. The Morgan fingerprint density at radius 3 is 2.19 bits per heavy atom. The third kappa shape index (κ3) is 5.17. The molecule has 0 fully saturated rings. The largest absolute Gasteiger partial charge is 0.378 e. The minimum atomic E-state index is -0.0861. The van der Waals surface area contributed by atoms with Crippen molar-refractivity contribution in [3.8, 4) is 0 Å². The Bertz CT molecular complexity index is 874. The number of carbonyl (C=O) groups is 1. The van der Waals surface area contributed by atoms with Gasteiger partial charge in [-0.25, -0.2) is 0 Å². The molecule has 0 spiro atoms. The summed E-state index contributed by atoms with van der Waals surface area (Å²) in [6.45, 7) is 2.03. The molecule has 26 heavy (non-hydrogen) atoms. The van der Waals surface area contributed by atoms with Crippen LogP contribution in [0.3, 0.4) is 0 Å². The normalized spacial score (nSPS) is 11.8. The molecule has 132 valence electrons. The molecule has 1 N–H and O–H groups in total. The van der Waals surface area contributed by atoms with Gasteiger partial charge < -0.3 is 5.32 Å². The van der Waals surface area contributed by atoms with Crippen LogP contribution in [0, 0.1) is 10.5 Å². The maximum atomic E-state index is 12.8.